The fraction of sp³-hybridized carbons (Fsp3) is 0.481. The Hall–Kier alpha value is -3.11. The average Bonchev–Trinajstić information content (AvgIpc) is 2.80. The second-order valence-electron chi connectivity index (χ2n) is 11.1. The van der Waals surface area contributed by atoms with Crippen molar-refractivity contribution in [3.8, 4) is 0 Å². The molecule has 1 N–H and O–H groups in total. The standard InChI is InChI=1S/C27H33N5O4S/c1-16-8-7-9-19-21(16)31(25(34)36-26(2,3)4)11-10-30(19)20-12-17-15-28-24(37-6)29-22(17)32(23(20)33)18-13-27(5,35)14-18/h7-9,12,15,18,35H,10-11,13-14H2,1-6H3. The summed E-state index contributed by atoms with van der Waals surface area (Å²) in [5, 5.41) is 11.8. The van der Waals surface area contributed by atoms with Crippen LogP contribution >= 0.6 is 11.8 Å². The molecule has 1 fully saturated rings. The van der Waals surface area contributed by atoms with Gasteiger partial charge in [0.05, 0.1) is 17.0 Å². The summed E-state index contributed by atoms with van der Waals surface area (Å²) < 4.78 is 7.41. The van der Waals surface area contributed by atoms with E-state index in [1.807, 2.05) is 63.1 Å². The van der Waals surface area contributed by atoms with Crippen LogP contribution in [0.1, 0.15) is 52.1 Å². The highest BCUT2D eigenvalue weighted by Gasteiger charge is 2.41. The molecule has 1 aliphatic heterocycles. The third-order valence-corrected chi connectivity index (χ3v) is 7.42. The number of hydrogen-bond donors (Lipinski definition) is 1. The molecule has 2 aromatic heterocycles. The van der Waals surface area contributed by atoms with E-state index in [2.05, 4.69) is 9.97 Å². The Labute approximate surface area is 220 Å². The van der Waals surface area contributed by atoms with Gasteiger partial charge >= 0.3 is 6.09 Å². The molecule has 3 heterocycles. The third kappa shape index (κ3) is 4.68. The normalized spacial score (nSPS) is 21.5. The van der Waals surface area contributed by atoms with Crippen molar-refractivity contribution in [2.45, 2.75) is 69.9 Å². The Kier molecular flexibility index (Phi) is 6.23. The average molecular weight is 524 g/mol. The first-order valence-corrected chi connectivity index (χ1v) is 13.7. The Morgan fingerprint density at radius 2 is 1.95 bits per heavy atom. The lowest BCUT2D eigenvalue weighted by molar-refractivity contribution is -0.0507. The summed E-state index contributed by atoms with van der Waals surface area (Å²) in [5.74, 6) is 0. The maximum atomic E-state index is 14.1. The van der Waals surface area contributed by atoms with Crippen molar-refractivity contribution in [2.75, 3.05) is 29.1 Å². The highest BCUT2D eigenvalue weighted by Crippen LogP contribution is 2.43. The van der Waals surface area contributed by atoms with Crippen molar-refractivity contribution in [3.05, 3.63) is 46.4 Å². The summed E-state index contributed by atoms with van der Waals surface area (Å²) in [6, 6.07) is 7.48. The van der Waals surface area contributed by atoms with Gasteiger partial charge in [0.25, 0.3) is 5.56 Å². The third-order valence-electron chi connectivity index (χ3n) is 6.86. The number of fused-ring (bicyclic) bond motifs is 2. The van der Waals surface area contributed by atoms with Crippen LogP contribution in [-0.4, -0.2) is 56.3 Å². The van der Waals surface area contributed by atoms with E-state index in [4.69, 9.17) is 4.74 Å². The van der Waals surface area contributed by atoms with E-state index in [1.165, 1.54) is 11.8 Å². The van der Waals surface area contributed by atoms with Gasteiger partial charge in [0, 0.05) is 30.7 Å². The molecule has 1 saturated carbocycles. The molecule has 0 unspecified atom stereocenters. The van der Waals surface area contributed by atoms with Crippen molar-refractivity contribution in [2.24, 2.45) is 0 Å². The molecular weight excluding hydrogens is 490 g/mol. The molecule has 2 aliphatic rings. The minimum atomic E-state index is -0.801. The molecule has 9 nitrogen and oxygen atoms in total. The molecule has 0 spiro atoms. The highest BCUT2D eigenvalue weighted by atomic mass is 32.2. The maximum absolute atomic E-state index is 14.1. The number of pyridine rings is 1. The van der Waals surface area contributed by atoms with Crippen molar-refractivity contribution in [3.63, 3.8) is 0 Å². The number of anilines is 3. The summed E-state index contributed by atoms with van der Waals surface area (Å²) in [4.78, 5) is 39.9. The number of benzene rings is 1. The number of thioether (sulfide) groups is 1. The molecule has 0 radical (unpaired) electrons. The van der Waals surface area contributed by atoms with Gasteiger partial charge in [-0.1, -0.05) is 23.9 Å². The van der Waals surface area contributed by atoms with E-state index in [9.17, 15) is 14.7 Å². The SMILES string of the molecule is CSc1ncc2cc(N3CCN(C(=O)OC(C)(C)C)c4c(C)cccc43)c(=O)n(C3CC(C)(O)C3)c2n1. The van der Waals surface area contributed by atoms with Gasteiger partial charge in [0.15, 0.2) is 5.16 Å². The van der Waals surface area contributed by atoms with Gasteiger partial charge < -0.3 is 14.7 Å². The van der Waals surface area contributed by atoms with E-state index in [-0.39, 0.29) is 11.6 Å². The number of carbonyl (C=O) groups is 1. The first-order valence-electron chi connectivity index (χ1n) is 12.4. The van der Waals surface area contributed by atoms with Crippen LogP contribution in [0.15, 0.2) is 40.4 Å². The predicted molar refractivity (Wildman–Crippen MR) is 146 cm³/mol. The Morgan fingerprint density at radius 1 is 1.22 bits per heavy atom. The molecule has 0 saturated heterocycles. The van der Waals surface area contributed by atoms with E-state index < -0.39 is 17.3 Å². The van der Waals surface area contributed by atoms with Crippen molar-refractivity contribution < 1.29 is 14.6 Å². The summed E-state index contributed by atoms with van der Waals surface area (Å²) in [7, 11) is 0. The molecular formula is C27H33N5O4S. The maximum Gasteiger partial charge on any atom is 0.414 e. The highest BCUT2D eigenvalue weighted by molar-refractivity contribution is 7.98. The first-order chi connectivity index (χ1) is 17.4. The zero-order chi connectivity index (χ0) is 26.7. The van der Waals surface area contributed by atoms with Crippen LogP contribution in [0.2, 0.25) is 0 Å². The molecule has 37 heavy (non-hydrogen) atoms. The Morgan fingerprint density at radius 3 is 2.59 bits per heavy atom. The quantitative estimate of drug-likeness (QED) is 0.386. The first kappa shape index (κ1) is 25.5. The summed E-state index contributed by atoms with van der Waals surface area (Å²) >= 11 is 1.42. The number of para-hydroxylation sites is 1. The number of amides is 1. The molecule has 10 heteroatoms. The van der Waals surface area contributed by atoms with Crippen LogP contribution < -0.4 is 15.4 Å². The molecule has 196 valence electrons. The van der Waals surface area contributed by atoms with Crippen molar-refractivity contribution >= 4 is 46.0 Å². The monoisotopic (exact) mass is 523 g/mol. The molecule has 0 bridgehead atoms. The summed E-state index contributed by atoms with van der Waals surface area (Å²) in [6.45, 7) is 10.1. The van der Waals surface area contributed by atoms with E-state index in [1.54, 1.807) is 22.6 Å². The van der Waals surface area contributed by atoms with Gasteiger partial charge in [0.2, 0.25) is 0 Å². The second-order valence-corrected chi connectivity index (χ2v) is 11.9. The predicted octanol–water partition coefficient (Wildman–Crippen LogP) is 4.80. The molecule has 1 aliphatic carbocycles. The van der Waals surface area contributed by atoms with E-state index in [0.29, 0.717) is 42.4 Å². The number of aromatic nitrogens is 3. The second kappa shape index (κ2) is 9.02. The minimum Gasteiger partial charge on any atom is -0.443 e. The number of nitrogens with zero attached hydrogens (tertiary/aromatic N) is 5. The lowest BCUT2D eigenvalue weighted by Gasteiger charge is -2.43. The lowest BCUT2D eigenvalue weighted by Crippen LogP contribution is -2.48. The molecule has 5 rings (SSSR count). The zero-order valence-electron chi connectivity index (χ0n) is 22.1. The van der Waals surface area contributed by atoms with Crippen LogP contribution in [0.25, 0.3) is 11.0 Å². The Bertz CT molecular complexity index is 1440. The fourth-order valence-corrected chi connectivity index (χ4v) is 5.59. The summed E-state index contributed by atoms with van der Waals surface area (Å²) in [5.41, 5.74) is 1.89. The van der Waals surface area contributed by atoms with Crippen molar-refractivity contribution in [1.82, 2.24) is 14.5 Å². The number of carbonyl (C=O) groups excluding carboxylic acids is 1. The topological polar surface area (TPSA) is 101 Å². The molecule has 1 aromatic carbocycles. The van der Waals surface area contributed by atoms with Crippen LogP contribution in [0.4, 0.5) is 21.9 Å². The zero-order valence-corrected chi connectivity index (χ0v) is 22.9. The van der Waals surface area contributed by atoms with Gasteiger partial charge in [-0.3, -0.25) is 14.3 Å². The van der Waals surface area contributed by atoms with E-state index >= 15 is 0 Å². The Balaban J connectivity index is 1.65. The largest absolute Gasteiger partial charge is 0.443 e. The number of rotatable bonds is 3. The van der Waals surface area contributed by atoms with Gasteiger partial charge in [-0.25, -0.2) is 14.8 Å². The molecule has 1 amide bonds. The fourth-order valence-electron chi connectivity index (χ4n) is 5.25. The molecule has 0 atom stereocenters. The number of aliphatic hydroxyl groups is 1. The number of hydrogen-bond acceptors (Lipinski definition) is 8. The minimum absolute atomic E-state index is 0.158. The van der Waals surface area contributed by atoms with Gasteiger partial charge in [-0.2, -0.15) is 0 Å². The number of ether oxygens (including phenoxy) is 1. The van der Waals surface area contributed by atoms with Gasteiger partial charge in [0.1, 0.15) is 16.9 Å². The van der Waals surface area contributed by atoms with Gasteiger partial charge in [-0.15, -0.1) is 0 Å². The van der Waals surface area contributed by atoms with Crippen LogP contribution in [0.5, 0.6) is 0 Å². The van der Waals surface area contributed by atoms with Crippen LogP contribution in [0, 0.1) is 6.92 Å². The lowest BCUT2D eigenvalue weighted by atomic mass is 9.77. The number of aryl methyl sites for hydroxylation is 1. The summed E-state index contributed by atoms with van der Waals surface area (Å²) in [6.07, 6.45) is 4.19. The smallest absolute Gasteiger partial charge is 0.414 e. The van der Waals surface area contributed by atoms with Crippen LogP contribution in [0.3, 0.4) is 0 Å². The van der Waals surface area contributed by atoms with Crippen LogP contribution in [-0.2, 0) is 4.74 Å². The van der Waals surface area contributed by atoms with E-state index in [0.717, 1.165) is 22.3 Å². The van der Waals surface area contributed by atoms with Gasteiger partial charge in [-0.05, 0) is 71.4 Å². The molecule has 3 aromatic rings. The van der Waals surface area contributed by atoms with Crippen molar-refractivity contribution in [1.29, 1.82) is 0 Å².